The molecule has 1 N–H and O–H groups in total. The Kier molecular flexibility index (Phi) is 7.91. The lowest BCUT2D eigenvalue weighted by Crippen LogP contribution is -2.29. The number of aromatic nitrogens is 2. The van der Waals surface area contributed by atoms with Crippen LogP contribution in [0.1, 0.15) is 57.8 Å². The van der Waals surface area contributed by atoms with Crippen LogP contribution in [0.4, 0.5) is 10.2 Å². The molecule has 2 aromatic carbocycles. The van der Waals surface area contributed by atoms with Crippen LogP contribution in [-0.2, 0) is 22.7 Å². The molecule has 2 aromatic heterocycles. The third-order valence-corrected chi connectivity index (χ3v) is 9.98. The van der Waals surface area contributed by atoms with E-state index in [1.807, 2.05) is 36.4 Å². The van der Waals surface area contributed by atoms with Crippen molar-refractivity contribution < 1.29 is 22.4 Å². The number of hydrogen-bond donors (Lipinski definition) is 1. The van der Waals surface area contributed by atoms with Crippen LogP contribution >= 0.6 is 0 Å². The average molecular weight is 574 g/mol. The molecule has 0 aliphatic heterocycles. The SMILES string of the molecule is CC(C)S(=O)(=O)CC1CC(=O)c2c([nH]c(-c3ccnc(N(C)C(=O)c4ccc(F)cc4)c3)c2Cc2ccccc2)C1. The number of carbonyl (C=O) groups is 2. The number of nitrogens with zero attached hydrogens (tertiary/aromatic N) is 2. The van der Waals surface area contributed by atoms with E-state index in [0.29, 0.717) is 29.8 Å². The maximum absolute atomic E-state index is 13.5. The van der Waals surface area contributed by atoms with Gasteiger partial charge in [0.1, 0.15) is 11.6 Å². The van der Waals surface area contributed by atoms with Gasteiger partial charge in [0.15, 0.2) is 15.6 Å². The second kappa shape index (κ2) is 11.4. The summed E-state index contributed by atoms with van der Waals surface area (Å²) in [5.74, 6) is -0.776. The predicted molar refractivity (Wildman–Crippen MR) is 157 cm³/mol. The average Bonchev–Trinajstić information content (AvgIpc) is 3.31. The maximum Gasteiger partial charge on any atom is 0.259 e. The van der Waals surface area contributed by atoms with Crippen LogP contribution in [0.25, 0.3) is 11.3 Å². The topological polar surface area (TPSA) is 100 Å². The standard InChI is InChI=1S/C32H32FN3O4S/c1-20(2)41(39,40)19-22-16-27-30(28(37)17-22)26(15-21-7-5-4-6-8-21)31(35-27)24-13-14-34-29(18-24)36(3)32(38)23-9-11-25(33)12-10-23/h4-14,18,20,22,35H,15-17,19H2,1-3H3. The Morgan fingerprint density at radius 1 is 1.07 bits per heavy atom. The number of pyridine rings is 1. The van der Waals surface area contributed by atoms with Crippen LogP contribution in [0.15, 0.2) is 72.9 Å². The second-order valence-electron chi connectivity index (χ2n) is 10.8. The first-order chi connectivity index (χ1) is 19.5. The summed E-state index contributed by atoms with van der Waals surface area (Å²) in [6.07, 6.45) is 2.74. The number of fused-ring (bicyclic) bond motifs is 1. The quantitative estimate of drug-likeness (QED) is 0.294. The summed E-state index contributed by atoms with van der Waals surface area (Å²) in [6, 6.07) is 18.8. The van der Waals surface area contributed by atoms with Crippen LogP contribution in [0.2, 0.25) is 0 Å². The Morgan fingerprint density at radius 3 is 2.46 bits per heavy atom. The van der Waals surface area contributed by atoms with Crippen molar-refractivity contribution >= 4 is 27.3 Å². The van der Waals surface area contributed by atoms with Crippen molar-refractivity contribution in [1.29, 1.82) is 0 Å². The van der Waals surface area contributed by atoms with Gasteiger partial charge in [-0.05, 0) is 73.7 Å². The molecular weight excluding hydrogens is 541 g/mol. The fourth-order valence-electron chi connectivity index (χ4n) is 5.32. The molecule has 1 unspecified atom stereocenters. The number of ketones is 1. The van der Waals surface area contributed by atoms with Gasteiger partial charge in [0.05, 0.1) is 16.7 Å². The van der Waals surface area contributed by atoms with Crippen molar-refractivity contribution in [1.82, 2.24) is 9.97 Å². The van der Waals surface area contributed by atoms with Gasteiger partial charge in [-0.3, -0.25) is 14.5 Å². The summed E-state index contributed by atoms with van der Waals surface area (Å²) in [7, 11) is -1.71. The first-order valence-electron chi connectivity index (χ1n) is 13.6. The highest BCUT2D eigenvalue weighted by Crippen LogP contribution is 2.37. The maximum atomic E-state index is 13.5. The Morgan fingerprint density at radius 2 is 1.78 bits per heavy atom. The van der Waals surface area contributed by atoms with Crippen LogP contribution in [0, 0.1) is 11.7 Å². The molecule has 0 fully saturated rings. The number of benzene rings is 2. The molecule has 7 nitrogen and oxygen atoms in total. The molecule has 0 spiro atoms. The van der Waals surface area contributed by atoms with Crippen molar-refractivity contribution in [2.75, 3.05) is 17.7 Å². The lowest BCUT2D eigenvalue weighted by atomic mass is 9.84. The summed E-state index contributed by atoms with van der Waals surface area (Å²) in [6.45, 7) is 3.32. The number of rotatable bonds is 8. The van der Waals surface area contributed by atoms with E-state index in [1.54, 1.807) is 33.2 Å². The van der Waals surface area contributed by atoms with Crippen LogP contribution in [0.5, 0.6) is 0 Å². The normalized spacial score (nSPS) is 15.1. The minimum atomic E-state index is -3.31. The highest BCUT2D eigenvalue weighted by atomic mass is 32.2. The molecule has 0 bridgehead atoms. The molecule has 4 aromatic rings. The van der Waals surface area contributed by atoms with E-state index in [0.717, 1.165) is 28.1 Å². The number of halogens is 1. The van der Waals surface area contributed by atoms with Crippen molar-refractivity contribution in [3.63, 3.8) is 0 Å². The van der Waals surface area contributed by atoms with Crippen molar-refractivity contribution in [2.45, 2.75) is 38.4 Å². The molecule has 1 atom stereocenters. The Hall–Kier alpha value is -4.11. The highest BCUT2D eigenvalue weighted by molar-refractivity contribution is 7.91. The fraction of sp³-hybridized carbons (Fsp3) is 0.281. The largest absolute Gasteiger partial charge is 0.358 e. The molecule has 9 heteroatoms. The molecule has 5 rings (SSSR count). The number of H-pyrrole nitrogens is 1. The van der Waals surface area contributed by atoms with Crippen molar-refractivity contribution in [3.8, 4) is 11.3 Å². The van der Waals surface area contributed by atoms with E-state index in [4.69, 9.17) is 0 Å². The number of carbonyl (C=O) groups excluding carboxylic acids is 2. The molecule has 1 amide bonds. The Bertz CT molecular complexity index is 1700. The number of Topliss-reactive ketones (excluding diaryl/α,β-unsaturated/α-hetero) is 1. The van der Waals surface area contributed by atoms with Gasteiger partial charge < -0.3 is 4.98 Å². The number of anilines is 1. The van der Waals surface area contributed by atoms with Crippen LogP contribution in [0.3, 0.4) is 0 Å². The predicted octanol–water partition coefficient (Wildman–Crippen LogP) is 5.65. The van der Waals surface area contributed by atoms with E-state index in [2.05, 4.69) is 9.97 Å². The molecule has 41 heavy (non-hydrogen) atoms. The molecule has 2 heterocycles. The monoisotopic (exact) mass is 573 g/mol. The van der Waals surface area contributed by atoms with Gasteiger partial charge in [0, 0.05) is 48.5 Å². The molecule has 1 aliphatic rings. The molecule has 212 valence electrons. The van der Waals surface area contributed by atoms with Gasteiger partial charge in [-0.2, -0.15) is 0 Å². The number of amides is 1. The van der Waals surface area contributed by atoms with Gasteiger partial charge in [0.2, 0.25) is 0 Å². The van der Waals surface area contributed by atoms with Crippen LogP contribution in [-0.4, -0.2) is 48.1 Å². The molecule has 0 saturated heterocycles. The van der Waals surface area contributed by atoms with E-state index in [9.17, 15) is 22.4 Å². The lowest BCUT2D eigenvalue weighted by Gasteiger charge is -2.22. The van der Waals surface area contributed by atoms with Gasteiger partial charge in [-0.1, -0.05) is 30.3 Å². The van der Waals surface area contributed by atoms with E-state index in [-0.39, 0.29) is 29.8 Å². The lowest BCUT2D eigenvalue weighted by molar-refractivity contribution is 0.0951. The van der Waals surface area contributed by atoms with E-state index < -0.39 is 20.9 Å². The number of hydrogen-bond acceptors (Lipinski definition) is 5. The van der Waals surface area contributed by atoms with E-state index in [1.165, 1.54) is 29.2 Å². The summed E-state index contributed by atoms with van der Waals surface area (Å²) in [4.78, 5) is 35.9. The van der Waals surface area contributed by atoms with Gasteiger partial charge >= 0.3 is 0 Å². The zero-order chi connectivity index (χ0) is 29.3. The zero-order valence-corrected chi connectivity index (χ0v) is 24.0. The fourth-order valence-corrected chi connectivity index (χ4v) is 6.60. The van der Waals surface area contributed by atoms with Gasteiger partial charge in [0.25, 0.3) is 5.91 Å². The summed E-state index contributed by atoms with van der Waals surface area (Å²) < 4.78 is 38.7. The number of nitrogens with one attached hydrogen (secondary N) is 1. The van der Waals surface area contributed by atoms with Crippen molar-refractivity contribution in [3.05, 3.63) is 107 Å². The number of sulfone groups is 1. The minimum Gasteiger partial charge on any atom is -0.358 e. The third kappa shape index (κ3) is 6.00. The molecule has 0 radical (unpaired) electrons. The zero-order valence-electron chi connectivity index (χ0n) is 23.2. The minimum absolute atomic E-state index is 0.0338. The molecule has 0 saturated carbocycles. The van der Waals surface area contributed by atoms with Crippen LogP contribution < -0.4 is 4.90 Å². The number of aromatic amines is 1. The molecular formula is C32H32FN3O4S. The smallest absolute Gasteiger partial charge is 0.259 e. The van der Waals surface area contributed by atoms with Gasteiger partial charge in [-0.15, -0.1) is 0 Å². The molecule has 1 aliphatic carbocycles. The van der Waals surface area contributed by atoms with Crippen molar-refractivity contribution in [2.24, 2.45) is 5.92 Å². The summed E-state index contributed by atoms with van der Waals surface area (Å²) in [5.41, 5.74) is 5.04. The third-order valence-electron chi connectivity index (χ3n) is 7.61. The summed E-state index contributed by atoms with van der Waals surface area (Å²) >= 11 is 0. The first-order valence-corrected chi connectivity index (χ1v) is 15.3. The van der Waals surface area contributed by atoms with Gasteiger partial charge in [-0.25, -0.2) is 17.8 Å². The Balaban J connectivity index is 1.54. The second-order valence-corrected chi connectivity index (χ2v) is 13.4. The summed E-state index contributed by atoms with van der Waals surface area (Å²) in [5, 5.41) is -0.503. The first kappa shape index (κ1) is 28.4. The highest BCUT2D eigenvalue weighted by Gasteiger charge is 2.34. The Labute approximate surface area is 239 Å². The van der Waals surface area contributed by atoms with E-state index >= 15 is 0 Å².